The molecule has 0 aromatic carbocycles. The van der Waals surface area contributed by atoms with Gasteiger partial charge in [-0.3, -0.25) is 14.4 Å². The fourth-order valence-electron chi connectivity index (χ4n) is 2.72. The van der Waals surface area contributed by atoms with Gasteiger partial charge in [-0.05, 0) is 38.8 Å². The van der Waals surface area contributed by atoms with Crippen LogP contribution in [0.15, 0.2) is 0 Å². The van der Waals surface area contributed by atoms with E-state index in [9.17, 15) is 24.0 Å². The molecule has 2 heterocycles. The van der Waals surface area contributed by atoms with E-state index in [-0.39, 0.29) is 22.9 Å². The lowest BCUT2D eigenvalue weighted by Crippen LogP contribution is -2.22. The number of carbonyl (C=O) groups is 5. The van der Waals surface area contributed by atoms with E-state index in [0.717, 1.165) is 9.75 Å². The van der Waals surface area contributed by atoms with Crippen LogP contribution in [-0.4, -0.2) is 42.7 Å². The predicted molar refractivity (Wildman–Crippen MR) is 122 cm³/mol. The van der Waals surface area contributed by atoms with Crippen LogP contribution in [0.2, 0.25) is 0 Å². The maximum Gasteiger partial charge on any atom is 0.341 e. The molecule has 0 aliphatic carbocycles. The molecular weight excluding hydrogens is 456 g/mol. The first-order valence-electron chi connectivity index (χ1n) is 9.53. The maximum atomic E-state index is 12.5. The average Bonchev–Trinajstić information content (AvgIpc) is 3.11. The predicted octanol–water partition coefficient (Wildman–Crippen LogP) is 3.54. The van der Waals surface area contributed by atoms with E-state index in [1.54, 1.807) is 27.7 Å². The third-order valence-corrected chi connectivity index (χ3v) is 6.73. The first kappa shape index (κ1) is 25.2. The Bertz CT molecular complexity index is 1010. The standard InChI is InChI=1S/C21H24N2O7S2/c1-9-11(3)31-18(22-13(5)24)16(9)20(27)29-7-15(26)8-30-21(28)17-10(2)12(4)32-19(17)23-14(6)25/h7-8H2,1-6H3,(H,22,24)(H,23,25). The van der Waals surface area contributed by atoms with Crippen LogP contribution < -0.4 is 10.6 Å². The first-order chi connectivity index (χ1) is 14.9. The number of nitrogens with one attached hydrogen (secondary N) is 2. The van der Waals surface area contributed by atoms with Crippen molar-refractivity contribution in [1.29, 1.82) is 0 Å². The van der Waals surface area contributed by atoms with E-state index in [1.165, 1.54) is 36.5 Å². The van der Waals surface area contributed by atoms with Crippen molar-refractivity contribution in [2.75, 3.05) is 23.8 Å². The molecule has 2 aromatic rings. The van der Waals surface area contributed by atoms with Crippen LogP contribution in [0.5, 0.6) is 0 Å². The van der Waals surface area contributed by atoms with Gasteiger partial charge in [0.15, 0.2) is 13.2 Å². The van der Waals surface area contributed by atoms with Crippen LogP contribution in [0.3, 0.4) is 0 Å². The largest absolute Gasteiger partial charge is 0.454 e. The summed E-state index contributed by atoms with van der Waals surface area (Å²) < 4.78 is 10.1. The molecule has 2 N–H and O–H groups in total. The third kappa shape index (κ3) is 6.01. The number of aryl methyl sites for hydroxylation is 2. The minimum Gasteiger partial charge on any atom is -0.454 e. The van der Waals surface area contributed by atoms with E-state index >= 15 is 0 Å². The van der Waals surface area contributed by atoms with Crippen molar-refractivity contribution < 1.29 is 33.4 Å². The Hall–Kier alpha value is -3.05. The molecule has 172 valence electrons. The molecule has 9 nitrogen and oxygen atoms in total. The topological polar surface area (TPSA) is 128 Å². The van der Waals surface area contributed by atoms with Gasteiger partial charge in [0.1, 0.15) is 10.0 Å². The summed E-state index contributed by atoms with van der Waals surface area (Å²) in [6, 6.07) is 0. The molecule has 0 saturated heterocycles. The lowest BCUT2D eigenvalue weighted by Gasteiger charge is -2.09. The maximum absolute atomic E-state index is 12.5. The Morgan fingerprint density at radius 3 is 1.34 bits per heavy atom. The number of esters is 2. The van der Waals surface area contributed by atoms with Crippen molar-refractivity contribution in [3.05, 3.63) is 32.0 Å². The molecule has 0 saturated carbocycles. The summed E-state index contributed by atoms with van der Waals surface area (Å²) in [7, 11) is 0. The molecule has 0 aliphatic heterocycles. The smallest absolute Gasteiger partial charge is 0.341 e. The van der Waals surface area contributed by atoms with E-state index < -0.39 is 30.9 Å². The van der Waals surface area contributed by atoms with Gasteiger partial charge in [-0.25, -0.2) is 9.59 Å². The number of ether oxygens (including phenoxy) is 2. The highest BCUT2D eigenvalue weighted by Crippen LogP contribution is 2.34. The number of hydrogen-bond donors (Lipinski definition) is 2. The normalized spacial score (nSPS) is 10.4. The Morgan fingerprint density at radius 2 is 1.03 bits per heavy atom. The highest BCUT2D eigenvalue weighted by atomic mass is 32.1. The van der Waals surface area contributed by atoms with Crippen LogP contribution in [0.1, 0.15) is 55.4 Å². The van der Waals surface area contributed by atoms with Gasteiger partial charge in [0.05, 0.1) is 11.1 Å². The van der Waals surface area contributed by atoms with Gasteiger partial charge in [-0.2, -0.15) is 0 Å². The number of rotatable bonds is 8. The van der Waals surface area contributed by atoms with Crippen molar-refractivity contribution in [3.63, 3.8) is 0 Å². The summed E-state index contributed by atoms with van der Waals surface area (Å²) in [4.78, 5) is 61.5. The van der Waals surface area contributed by atoms with Gasteiger partial charge >= 0.3 is 11.9 Å². The van der Waals surface area contributed by atoms with Crippen molar-refractivity contribution >= 4 is 62.2 Å². The van der Waals surface area contributed by atoms with Crippen molar-refractivity contribution in [2.45, 2.75) is 41.5 Å². The second-order valence-electron chi connectivity index (χ2n) is 7.03. The number of ketones is 1. The van der Waals surface area contributed by atoms with E-state index in [1.807, 2.05) is 0 Å². The Kier molecular flexibility index (Phi) is 8.28. The number of carbonyl (C=O) groups excluding carboxylic acids is 5. The summed E-state index contributed by atoms with van der Waals surface area (Å²) in [6.45, 7) is 8.49. The minimum atomic E-state index is -0.757. The summed E-state index contributed by atoms with van der Waals surface area (Å²) in [5.41, 5.74) is 1.68. The summed E-state index contributed by atoms with van der Waals surface area (Å²) in [6.07, 6.45) is 0. The molecule has 2 amide bonds. The molecule has 2 aromatic heterocycles. The Labute approximate surface area is 193 Å². The number of amides is 2. The molecular formula is C21H24N2O7S2. The first-order valence-corrected chi connectivity index (χ1v) is 11.2. The zero-order chi connectivity index (χ0) is 24.2. The SMILES string of the molecule is CC(=O)Nc1sc(C)c(C)c1C(=O)OCC(=O)COC(=O)c1c(NC(C)=O)sc(C)c1C. The van der Waals surface area contributed by atoms with E-state index in [2.05, 4.69) is 10.6 Å². The summed E-state index contributed by atoms with van der Waals surface area (Å²) in [5.74, 6) is -2.80. The van der Waals surface area contributed by atoms with Crippen LogP contribution in [-0.2, 0) is 23.9 Å². The van der Waals surface area contributed by atoms with Crippen LogP contribution >= 0.6 is 22.7 Å². The molecule has 0 aliphatic rings. The quantitative estimate of drug-likeness (QED) is 0.553. The molecule has 0 atom stereocenters. The number of anilines is 2. The van der Waals surface area contributed by atoms with Crippen LogP contribution in [0.25, 0.3) is 0 Å². The highest BCUT2D eigenvalue weighted by molar-refractivity contribution is 7.17. The summed E-state index contributed by atoms with van der Waals surface area (Å²) in [5, 5.41) is 5.87. The van der Waals surface area contributed by atoms with Gasteiger partial charge < -0.3 is 20.1 Å². The average molecular weight is 481 g/mol. The van der Waals surface area contributed by atoms with Gasteiger partial charge in [0.25, 0.3) is 0 Å². The molecule has 0 bridgehead atoms. The highest BCUT2D eigenvalue weighted by Gasteiger charge is 2.24. The summed E-state index contributed by atoms with van der Waals surface area (Å²) >= 11 is 2.47. The Morgan fingerprint density at radius 1 is 0.688 bits per heavy atom. The van der Waals surface area contributed by atoms with Gasteiger partial charge in [-0.1, -0.05) is 0 Å². The number of thiophene rings is 2. The molecule has 0 spiro atoms. The zero-order valence-corrected chi connectivity index (χ0v) is 20.2. The molecule has 2 rings (SSSR count). The van der Waals surface area contributed by atoms with Crippen molar-refractivity contribution in [3.8, 4) is 0 Å². The third-order valence-electron chi connectivity index (χ3n) is 4.49. The lowest BCUT2D eigenvalue weighted by molar-refractivity contribution is -0.125. The fraction of sp³-hybridized carbons (Fsp3) is 0.381. The second-order valence-corrected chi connectivity index (χ2v) is 9.48. The van der Waals surface area contributed by atoms with Gasteiger partial charge in [-0.15, -0.1) is 22.7 Å². The van der Waals surface area contributed by atoms with Crippen molar-refractivity contribution in [2.24, 2.45) is 0 Å². The van der Waals surface area contributed by atoms with Gasteiger partial charge in [0, 0.05) is 23.6 Å². The molecule has 0 fully saturated rings. The molecule has 0 unspecified atom stereocenters. The van der Waals surface area contributed by atoms with E-state index in [0.29, 0.717) is 21.1 Å². The molecule has 32 heavy (non-hydrogen) atoms. The fourth-order valence-corrected chi connectivity index (χ4v) is 4.91. The number of Topliss-reactive ketones (excluding diaryl/α,β-unsaturated/α-hetero) is 1. The second kappa shape index (κ2) is 10.5. The van der Waals surface area contributed by atoms with E-state index in [4.69, 9.17) is 9.47 Å². The zero-order valence-electron chi connectivity index (χ0n) is 18.6. The van der Waals surface area contributed by atoms with Crippen molar-refractivity contribution in [1.82, 2.24) is 0 Å². The van der Waals surface area contributed by atoms with Crippen LogP contribution in [0, 0.1) is 27.7 Å². The van der Waals surface area contributed by atoms with Crippen LogP contribution in [0.4, 0.5) is 10.0 Å². The number of hydrogen-bond acceptors (Lipinski definition) is 9. The van der Waals surface area contributed by atoms with Gasteiger partial charge in [0.2, 0.25) is 17.6 Å². The lowest BCUT2D eigenvalue weighted by atomic mass is 10.1. The molecule has 0 radical (unpaired) electrons. The Balaban J connectivity index is 1.99. The minimum absolute atomic E-state index is 0.191. The monoisotopic (exact) mass is 480 g/mol. The molecule has 11 heteroatoms.